The minimum Gasteiger partial charge on any atom is -0.336 e. The van der Waals surface area contributed by atoms with Gasteiger partial charge in [-0.1, -0.05) is 34.8 Å². The number of piperazine rings is 1. The summed E-state index contributed by atoms with van der Waals surface area (Å²) in [7, 11) is 2.04. The van der Waals surface area contributed by atoms with Crippen molar-refractivity contribution >= 4 is 40.7 Å². The third-order valence-corrected chi connectivity index (χ3v) is 4.22. The van der Waals surface area contributed by atoms with Gasteiger partial charge in [0.05, 0.1) is 15.1 Å². The molecule has 1 aromatic rings. The maximum absolute atomic E-state index is 12.3. The fourth-order valence-corrected chi connectivity index (χ4v) is 2.47. The number of hydrogen-bond donors (Lipinski definition) is 0. The second-order valence-electron chi connectivity index (χ2n) is 4.35. The third kappa shape index (κ3) is 2.91. The minimum atomic E-state index is -0.0523. The van der Waals surface area contributed by atoms with Gasteiger partial charge in [0.25, 0.3) is 5.91 Å². The molecule has 1 aromatic carbocycles. The molecule has 1 aliphatic rings. The Labute approximate surface area is 121 Å². The van der Waals surface area contributed by atoms with Crippen molar-refractivity contribution < 1.29 is 4.79 Å². The lowest BCUT2D eigenvalue weighted by atomic mass is 10.2. The molecule has 18 heavy (non-hydrogen) atoms. The van der Waals surface area contributed by atoms with E-state index >= 15 is 0 Å². The van der Waals surface area contributed by atoms with Gasteiger partial charge in [-0.05, 0) is 19.2 Å². The van der Waals surface area contributed by atoms with Crippen molar-refractivity contribution in [1.82, 2.24) is 9.80 Å². The van der Waals surface area contributed by atoms with Crippen molar-refractivity contribution in [3.05, 3.63) is 32.8 Å². The fourth-order valence-electron chi connectivity index (χ4n) is 1.87. The van der Waals surface area contributed by atoms with Crippen LogP contribution in [0.5, 0.6) is 0 Å². The summed E-state index contributed by atoms with van der Waals surface area (Å²) in [6.07, 6.45) is 0. The van der Waals surface area contributed by atoms with Crippen LogP contribution in [0.2, 0.25) is 15.1 Å². The molecule has 0 atom stereocenters. The topological polar surface area (TPSA) is 23.6 Å². The Bertz CT molecular complexity index is 447. The van der Waals surface area contributed by atoms with Gasteiger partial charge in [0, 0.05) is 31.7 Å². The van der Waals surface area contributed by atoms with Crippen LogP contribution >= 0.6 is 34.8 Å². The van der Waals surface area contributed by atoms with Gasteiger partial charge in [-0.3, -0.25) is 4.79 Å². The average molecular weight is 308 g/mol. The maximum atomic E-state index is 12.3. The zero-order valence-electron chi connectivity index (χ0n) is 9.92. The molecule has 0 radical (unpaired) electrons. The number of amides is 1. The van der Waals surface area contributed by atoms with Crippen molar-refractivity contribution in [1.29, 1.82) is 0 Å². The van der Waals surface area contributed by atoms with E-state index in [1.54, 1.807) is 17.0 Å². The predicted molar refractivity (Wildman–Crippen MR) is 74.9 cm³/mol. The van der Waals surface area contributed by atoms with Gasteiger partial charge in [0.15, 0.2) is 0 Å². The lowest BCUT2D eigenvalue weighted by Gasteiger charge is -2.32. The number of carbonyl (C=O) groups excluding carboxylic acids is 1. The van der Waals surface area contributed by atoms with E-state index in [2.05, 4.69) is 4.90 Å². The second-order valence-corrected chi connectivity index (χ2v) is 5.54. The molecule has 0 aliphatic carbocycles. The Morgan fingerprint density at radius 2 is 1.56 bits per heavy atom. The first-order valence-electron chi connectivity index (χ1n) is 5.61. The van der Waals surface area contributed by atoms with Gasteiger partial charge >= 0.3 is 0 Å². The highest BCUT2D eigenvalue weighted by Gasteiger charge is 2.21. The monoisotopic (exact) mass is 306 g/mol. The summed E-state index contributed by atoms with van der Waals surface area (Å²) >= 11 is 17.7. The quantitative estimate of drug-likeness (QED) is 0.745. The first-order chi connectivity index (χ1) is 8.49. The molecule has 1 saturated heterocycles. The molecular weight excluding hydrogens is 295 g/mol. The van der Waals surface area contributed by atoms with Gasteiger partial charge in [0.1, 0.15) is 0 Å². The fraction of sp³-hybridized carbons (Fsp3) is 0.417. The Morgan fingerprint density at radius 1 is 1.06 bits per heavy atom. The standard InChI is InChI=1S/C12H13Cl3N2O/c1-16-2-4-17(5-3-16)12(18)8-6-9(13)11(15)10(14)7-8/h6-7H,2-5H2,1H3. The van der Waals surface area contributed by atoms with Gasteiger partial charge < -0.3 is 9.80 Å². The summed E-state index contributed by atoms with van der Waals surface area (Å²) in [5, 5.41) is 0.900. The first kappa shape index (κ1) is 13.9. The van der Waals surface area contributed by atoms with Crippen LogP contribution in [-0.4, -0.2) is 48.9 Å². The minimum absolute atomic E-state index is 0.0523. The zero-order valence-corrected chi connectivity index (χ0v) is 12.2. The van der Waals surface area contributed by atoms with E-state index in [9.17, 15) is 4.79 Å². The van der Waals surface area contributed by atoms with E-state index in [1.807, 2.05) is 7.05 Å². The number of hydrogen-bond acceptors (Lipinski definition) is 2. The Hall–Kier alpha value is -0.480. The molecule has 1 heterocycles. The maximum Gasteiger partial charge on any atom is 0.254 e. The predicted octanol–water partition coefficient (Wildman–Crippen LogP) is 3.03. The number of rotatable bonds is 1. The highest BCUT2D eigenvalue weighted by atomic mass is 35.5. The number of likely N-dealkylation sites (N-methyl/N-ethyl adjacent to an activating group) is 1. The van der Waals surface area contributed by atoms with E-state index in [0.29, 0.717) is 28.7 Å². The SMILES string of the molecule is CN1CCN(C(=O)c2cc(Cl)c(Cl)c(Cl)c2)CC1. The molecule has 3 nitrogen and oxygen atoms in total. The van der Waals surface area contributed by atoms with E-state index < -0.39 is 0 Å². The lowest BCUT2D eigenvalue weighted by Crippen LogP contribution is -2.47. The Kier molecular flexibility index (Phi) is 4.38. The molecule has 98 valence electrons. The highest BCUT2D eigenvalue weighted by molar-refractivity contribution is 6.48. The summed E-state index contributed by atoms with van der Waals surface area (Å²) in [6.45, 7) is 3.18. The van der Waals surface area contributed by atoms with E-state index in [1.165, 1.54) is 0 Å². The molecule has 6 heteroatoms. The second kappa shape index (κ2) is 5.66. The molecule has 0 bridgehead atoms. The highest BCUT2D eigenvalue weighted by Crippen LogP contribution is 2.31. The molecular formula is C12H13Cl3N2O. The van der Waals surface area contributed by atoms with Gasteiger partial charge in [-0.2, -0.15) is 0 Å². The molecule has 1 fully saturated rings. The van der Waals surface area contributed by atoms with Gasteiger partial charge in [-0.15, -0.1) is 0 Å². The van der Waals surface area contributed by atoms with E-state index in [-0.39, 0.29) is 10.9 Å². The first-order valence-corrected chi connectivity index (χ1v) is 6.75. The summed E-state index contributed by atoms with van der Waals surface area (Å²) < 4.78 is 0. The number of benzene rings is 1. The Balaban J connectivity index is 2.19. The van der Waals surface area contributed by atoms with Crippen LogP contribution in [-0.2, 0) is 0 Å². The number of carbonyl (C=O) groups is 1. The average Bonchev–Trinajstić information content (AvgIpc) is 2.35. The summed E-state index contributed by atoms with van der Waals surface area (Å²) in [6, 6.07) is 3.13. The van der Waals surface area contributed by atoms with Crippen LogP contribution < -0.4 is 0 Å². The zero-order chi connectivity index (χ0) is 13.3. The molecule has 2 rings (SSSR count). The molecule has 0 spiro atoms. The molecule has 0 saturated carbocycles. The molecule has 0 aromatic heterocycles. The van der Waals surface area contributed by atoms with E-state index in [4.69, 9.17) is 34.8 Å². The normalized spacial score (nSPS) is 17.0. The van der Waals surface area contributed by atoms with Gasteiger partial charge in [0.2, 0.25) is 0 Å². The Morgan fingerprint density at radius 3 is 2.06 bits per heavy atom. The summed E-state index contributed by atoms with van der Waals surface area (Å²) in [4.78, 5) is 16.3. The summed E-state index contributed by atoms with van der Waals surface area (Å²) in [5.41, 5.74) is 0.485. The van der Waals surface area contributed by atoms with Crippen molar-refractivity contribution in [3.8, 4) is 0 Å². The van der Waals surface area contributed by atoms with Crippen LogP contribution in [0.3, 0.4) is 0 Å². The smallest absolute Gasteiger partial charge is 0.254 e. The van der Waals surface area contributed by atoms with Crippen LogP contribution in [0.1, 0.15) is 10.4 Å². The number of halogens is 3. The molecule has 0 unspecified atom stereocenters. The van der Waals surface area contributed by atoms with Crippen LogP contribution in [0.4, 0.5) is 0 Å². The van der Waals surface area contributed by atoms with Gasteiger partial charge in [-0.25, -0.2) is 0 Å². The molecule has 1 aliphatic heterocycles. The summed E-state index contributed by atoms with van der Waals surface area (Å²) in [5.74, 6) is -0.0523. The van der Waals surface area contributed by atoms with Crippen molar-refractivity contribution in [2.75, 3.05) is 33.2 Å². The molecule has 1 amide bonds. The number of nitrogens with zero attached hydrogens (tertiary/aromatic N) is 2. The van der Waals surface area contributed by atoms with Crippen LogP contribution in [0.25, 0.3) is 0 Å². The van der Waals surface area contributed by atoms with Crippen molar-refractivity contribution in [2.24, 2.45) is 0 Å². The molecule has 0 N–H and O–H groups in total. The van der Waals surface area contributed by atoms with E-state index in [0.717, 1.165) is 13.1 Å². The van der Waals surface area contributed by atoms with Crippen LogP contribution in [0, 0.1) is 0 Å². The van der Waals surface area contributed by atoms with Crippen LogP contribution in [0.15, 0.2) is 12.1 Å². The largest absolute Gasteiger partial charge is 0.336 e. The third-order valence-electron chi connectivity index (χ3n) is 3.02. The van der Waals surface area contributed by atoms with Crippen molar-refractivity contribution in [2.45, 2.75) is 0 Å². The van der Waals surface area contributed by atoms with Crippen molar-refractivity contribution in [3.63, 3.8) is 0 Å². The lowest BCUT2D eigenvalue weighted by molar-refractivity contribution is 0.0664.